The fourth-order valence-electron chi connectivity index (χ4n) is 3.70. The maximum atomic E-state index is 6.21. The second-order valence-electron chi connectivity index (χ2n) is 7.44. The summed E-state index contributed by atoms with van der Waals surface area (Å²) in [5.41, 5.74) is 14.2. The lowest BCUT2D eigenvalue weighted by Gasteiger charge is -2.22. The van der Waals surface area contributed by atoms with Gasteiger partial charge >= 0.3 is 0 Å². The van der Waals surface area contributed by atoms with Crippen LogP contribution in [-0.2, 0) is 0 Å². The minimum absolute atomic E-state index is 0.685. The van der Waals surface area contributed by atoms with Crippen molar-refractivity contribution in [1.29, 1.82) is 0 Å². The highest BCUT2D eigenvalue weighted by molar-refractivity contribution is 6.31. The Morgan fingerprint density at radius 3 is 2.37 bits per heavy atom. The largest absolute Gasteiger partial charge is 0.497 e. The molecule has 1 heterocycles. The average Bonchev–Trinajstić information content (AvgIpc) is 2.76. The number of nitrogens with one attached hydrogen (secondary N) is 1. The van der Waals surface area contributed by atoms with Gasteiger partial charge in [0.2, 0.25) is 0 Å². The van der Waals surface area contributed by atoms with E-state index in [4.69, 9.17) is 32.8 Å². The Morgan fingerprint density at radius 2 is 1.67 bits per heavy atom. The Labute approximate surface area is 183 Å². The molecule has 7 heteroatoms. The second kappa shape index (κ2) is 11.3. The molecule has 0 spiro atoms. The lowest BCUT2D eigenvalue weighted by atomic mass is 10.1. The zero-order chi connectivity index (χ0) is 21.3. The zero-order valence-corrected chi connectivity index (χ0v) is 18.4. The van der Waals surface area contributed by atoms with Crippen LogP contribution in [0.1, 0.15) is 19.3 Å². The SMILES string of the molecule is COc1ccc2nc3cc(Cl)ccc3c(NCCCN(CCCN)CCCN)c2c1. The molecule has 0 saturated heterocycles. The van der Waals surface area contributed by atoms with Crippen molar-refractivity contribution in [3.8, 4) is 5.75 Å². The van der Waals surface area contributed by atoms with Gasteiger partial charge in [0, 0.05) is 22.3 Å². The maximum absolute atomic E-state index is 6.21. The van der Waals surface area contributed by atoms with Crippen LogP contribution in [0.4, 0.5) is 5.69 Å². The van der Waals surface area contributed by atoms with Crippen molar-refractivity contribution in [2.24, 2.45) is 11.5 Å². The number of halogens is 1. The first-order valence-corrected chi connectivity index (χ1v) is 11.0. The Morgan fingerprint density at radius 1 is 0.933 bits per heavy atom. The Bertz CT molecular complexity index is 957. The summed E-state index contributed by atoms with van der Waals surface area (Å²) in [6.45, 7) is 5.35. The molecule has 2 aromatic carbocycles. The molecule has 0 radical (unpaired) electrons. The number of hydrogen-bond acceptors (Lipinski definition) is 6. The number of fused-ring (bicyclic) bond motifs is 2. The second-order valence-corrected chi connectivity index (χ2v) is 7.87. The molecule has 0 atom stereocenters. The summed E-state index contributed by atoms with van der Waals surface area (Å²) in [6, 6.07) is 11.8. The van der Waals surface area contributed by atoms with Crippen molar-refractivity contribution in [3.63, 3.8) is 0 Å². The Hall–Kier alpha value is -2.12. The minimum Gasteiger partial charge on any atom is -0.497 e. The van der Waals surface area contributed by atoms with E-state index in [1.54, 1.807) is 7.11 Å². The first kappa shape index (κ1) is 22.6. The normalized spacial score (nSPS) is 11.5. The minimum atomic E-state index is 0.685. The molecule has 3 rings (SSSR count). The van der Waals surface area contributed by atoms with E-state index in [0.29, 0.717) is 5.02 Å². The van der Waals surface area contributed by atoms with Gasteiger partial charge in [0.05, 0.1) is 23.8 Å². The number of rotatable bonds is 12. The standard InChI is InChI=1S/C23H32ClN5O/c1-30-18-6-8-21-20(16-18)23(19-7-5-17(24)15-22(19)28-21)27-11-4-14-29(12-2-9-25)13-3-10-26/h5-8,15-16H,2-4,9-14,25-26H2,1H3,(H,27,28). The molecular weight excluding hydrogens is 398 g/mol. The third-order valence-electron chi connectivity index (χ3n) is 5.25. The molecule has 0 bridgehead atoms. The van der Waals surface area contributed by atoms with E-state index >= 15 is 0 Å². The summed E-state index contributed by atoms with van der Waals surface area (Å²) in [4.78, 5) is 7.24. The maximum Gasteiger partial charge on any atom is 0.119 e. The number of benzene rings is 2. The lowest BCUT2D eigenvalue weighted by Crippen LogP contribution is -2.30. The highest BCUT2D eigenvalue weighted by atomic mass is 35.5. The van der Waals surface area contributed by atoms with Crippen molar-refractivity contribution in [2.75, 3.05) is 51.7 Å². The molecule has 1 aromatic heterocycles. The predicted molar refractivity (Wildman–Crippen MR) is 128 cm³/mol. The van der Waals surface area contributed by atoms with Crippen LogP contribution in [0.25, 0.3) is 21.8 Å². The van der Waals surface area contributed by atoms with E-state index < -0.39 is 0 Å². The molecule has 6 nitrogen and oxygen atoms in total. The van der Waals surface area contributed by atoms with Gasteiger partial charge in [-0.1, -0.05) is 11.6 Å². The van der Waals surface area contributed by atoms with Gasteiger partial charge in [-0.3, -0.25) is 0 Å². The number of pyridine rings is 1. The van der Waals surface area contributed by atoms with E-state index in [1.165, 1.54) is 0 Å². The third kappa shape index (κ3) is 5.73. The zero-order valence-electron chi connectivity index (χ0n) is 17.7. The number of methoxy groups -OCH3 is 1. The molecule has 0 amide bonds. The van der Waals surface area contributed by atoms with Crippen LogP contribution in [0, 0.1) is 0 Å². The van der Waals surface area contributed by atoms with E-state index in [1.807, 2.05) is 36.4 Å². The number of nitrogens with two attached hydrogens (primary N) is 2. The van der Waals surface area contributed by atoms with E-state index in [2.05, 4.69) is 10.2 Å². The van der Waals surface area contributed by atoms with Crippen molar-refractivity contribution < 1.29 is 4.74 Å². The quantitative estimate of drug-likeness (QED) is 0.299. The van der Waals surface area contributed by atoms with Gasteiger partial charge in [-0.2, -0.15) is 0 Å². The fourth-order valence-corrected chi connectivity index (χ4v) is 3.86. The van der Waals surface area contributed by atoms with E-state index in [-0.39, 0.29) is 0 Å². The first-order chi connectivity index (χ1) is 14.7. The van der Waals surface area contributed by atoms with Crippen LogP contribution in [0.3, 0.4) is 0 Å². The Balaban J connectivity index is 1.79. The molecule has 0 aliphatic rings. The van der Waals surface area contributed by atoms with Crippen LogP contribution in [0.5, 0.6) is 5.75 Å². The van der Waals surface area contributed by atoms with Crippen LogP contribution < -0.4 is 21.5 Å². The van der Waals surface area contributed by atoms with Crippen molar-refractivity contribution in [1.82, 2.24) is 9.88 Å². The summed E-state index contributed by atoms with van der Waals surface area (Å²) in [7, 11) is 1.68. The van der Waals surface area contributed by atoms with Gasteiger partial charge in [-0.15, -0.1) is 0 Å². The van der Waals surface area contributed by atoms with Gasteiger partial charge in [0.1, 0.15) is 5.75 Å². The Kier molecular flexibility index (Phi) is 8.51. The van der Waals surface area contributed by atoms with Crippen molar-refractivity contribution in [2.45, 2.75) is 19.3 Å². The molecule has 0 aliphatic heterocycles. The molecule has 0 fully saturated rings. The van der Waals surface area contributed by atoms with Crippen molar-refractivity contribution >= 4 is 39.1 Å². The highest BCUT2D eigenvalue weighted by Crippen LogP contribution is 2.34. The number of aromatic nitrogens is 1. The average molecular weight is 430 g/mol. The van der Waals surface area contributed by atoms with Gasteiger partial charge in [-0.05, 0) is 88.4 Å². The highest BCUT2D eigenvalue weighted by Gasteiger charge is 2.11. The molecule has 3 aromatic rings. The monoisotopic (exact) mass is 429 g/mol. The first-order valence-electron chi connectivity index (χ1n) is 10.6. The molecule has 0 saturated carbocycles. The van der Waals surface area contributed by atoms with Crippen LogP contribution in [0.15, 0.2) is 36.4 Å². The van der Waals surface area contributed by atoms with Crippen LogP contribution in [-0.4, -0.2) is 56.3 Å². The summed E-state index contributed by atoms with van der Waals surface area (Å²) >= 11 is 6.21. The summed E-state index contributed by atoms with van der Waals surface area (Å²) in [6.07, 6.45) is 3.05. The number of ether oxygens (including phenoxy) is 1. The molecule has 5 N–H and O–H groups in total. The molecule has 0 unspecified atom stereocenters. The van der Waals surface area contributed by atoms with Gasteiger partial charge in [-0.25, -0.2) is 4.98 Å². The van der Waals surface area contributed by atoms with E-state index in [9.17, 15) is 0 Å². The van der Waals surface area contributed by atoms with Gasteiger partial charge in [0.25, 0.3) is 0 Å². The smallest absolute Gasteiger partial charge is 0.119 e. The summed E-state index contributed by atoms with van der Waals surface area (Å²) in [5.74, 6) is 0.815. The van der Waals surface area contributed by atoms with Crippen LogP contribution >= 0.6 is 11.6 Å². The molecule has 0 aliphatic carbocycles. The molecular formula is C23H32ClN5O. The topological polar surface area (TPSA) is 89.4 Å². The van der Waals surface area contributed by atoms with Gasteiger partial charge in [0.15, 0.2) is 0 Å². The fraction of sp³-hybridized carbons (Fsp3) is 0.435. The van der Waals surface area contributed by atoms with Crippen molar-refractivity contribution in [3.05, 3.63) is 41.4 Å². The lowest BCUT2D eigenvalue weighted by molar-refractivity contribution is 0.269. The van der Waals surface area contributed by atoms with E-state index in [0.717, 1.165) is 91.8 Å². The number of hydrogen-bond donors (Lipinski definition) is 3. The third-order valence-corrected chi connectivity index (χ3v) is 5.49. The molecule has 162 valence electrons. The van der Waals surface area contributed by atoms with Gasteiger partial charge < -0.3 is 26.4 Å². The molecule has 30 heavy (non-hydrogen) atoms. The predicted octanol–water partition coefficient (Wildman–Crippen LogP) is 3.85. The number of anilines is 1. The summed E-state index contributed by atoms with van der Waals surface area (Å²) < 4.78 is 5.44. The van der Waals surface area contributed by atoms with Crippen LogP contribution in [0.2, 0.25) is 5.02 Å². The summed E-state index contributed by atoms with van der Waals surface area (Å²) in [5, 5.41) is 6.45. The number of nitrogens with zero attached hydrogens (tertiary/aromatic N) is 2.